The minimum atomic E-state index is -2.27. The van der Waals surface area contributed by atoms with Gasteiger partial charge in [0.2, 0.25) is 0 Å². The third kappa shape index (κ3) is 15.6. The molecule has 0 aliphatic heterocycles. The Hall–Kier alpha value is -3.22. The SMILES string of the molecule is CC(=O)C(C(=O)O)C(O)C[N+](C)(C)C.O=C(O)C(O)C(O)C(=O)O.O=C(O)C(O)C(O)C(=O)O. The Morgan fingerprint density at radius 3 is 0.912 bits per heavy atom. The fraction of sp³-hybridized carbons (Fsp3) is 0.647. The Kier molecular flexibility index (Phi) is 16.2. The number of likely N-dealkylation sites (N-methyl/N-ethyl adjacent to an activating group) is 1. The molecule has 0 spiro atoms. The first kappa shape index (κ1) is 35.4. The summed E-state index contributed by atoms with van der Waals surface area (Å²) >= 11 is 0. The second-order valence-electron chi connectivity index (χ2n) is 7.60. The number of aliphatic hydroxyl groups is 5. The van der Waals surface area contributed by atoms with Crippen LogP contribution in [0.25, 0.3) is 0 Å². The number of nitrogens with zero attached hydrogens (tertiary/aromatic N) is 1. The minimum absolute atomic E-state index is 0.233. The molecule has 0 aromatic heterocycles. The van der Waals surface area contributed by atoms with E-state index in [1.165, 1.54) is 6.92 Å². The second kappa shape index (κ2) is 15.6. The molecule has 17 nitrogen and oxygen atoms in total. The summed E-state index contributed by atoms with van der Waals surface area (Å²) in [6.07, 6.45) is -10.2. The van der Waals surface area contributed by atoms with Crippen LogP contribution in [0.15, 0.2) is 0 Å². The molecule has 6 unspecified atom stereocenters. The normalized spacial score (nSPS) is 15.9. The van der Waals surface area contributed by atoms with Crippen molar-refractivity contribution in [1.82, 2.24) is 0 Å². The highest BCUT2D eigenvalue weighted by atomic mass is 16.4. The molecule has 0 saturated heterocycles. The fourth-order valence-corrected chi connectivity index (χ4v) is 1.82. The summed E-state index contributed by atoms with van der Waals surface area (Å²) in [5, 5.41) is 83.3. The molecule has 198 valence electrons. The van der Waals surface area contributed by atoms with Crippen molar-refractivity contribution in [3.05, 3.63) is 0 Å². The molecular formula is C17H30NO16+. The third-order valence-electron chi connectivity index (χ3n) is 3.43. The molecule has 0 aliphatic carbocycles. The zero-order valence-electron chi connectivity index (χ0n) is 18.5. The van der Waals surface area contributed by atoms with Crippen LogP contribution in [-0.2, 0) is 28.8 Å². The van der Waals surface area contributed by atoms with Crippen LogP contribution in [0.5, 0.6) is 0 Å². The predicted molar refractivity (Wildman–Crippen MR) is 105 cm³/mol. The highest BCUT2D eigenvalue weighted by molar-refractivity contribution is 5.97. The van der Waals surface area contributed by atoms with Gasteiger partial charge >= 0.3 is 29.8 Å². The van der Waals surface area contributed by atoms with Crippen LogP contribution in [0.4, 0.5) is 0 Å². The second-order valence-corrected chi connectivity index (χ2v) is 7.60. The summed E-state index contributed by atoms with van der Waals surface area (Å²) < 4.78 is 0.415. The van der Waals surface area contributed by atoms with Gasteiger partial charge < -0.3 is 55.5 Å². The highest BCUT2D eigenvalue weighted by Crippen LogP contribution is 2.09. The zero-order valence-corrected chi connectivity index (χ0v) is 18.5. The Morgan fingerprint density at radius 1 is 0.559 bits per heavy atom. The minimum Gasteiger partial charge on any atom is -0.481 e. The Bertz CT molecular complexity index is 644. The summed E-state index contributed by atoms with van der Waals surface area (Å²) in [5.74, 6) is -10.2. The number of quaternary nitrogens is 1. The van der Waals surface area contributed by atoms with Gasteiger partial charge in [-0.15, -0.1) is 0 Å². The van der Waals surface area contributed by atoms with E-state index in [9.17, 15) is 33.9 Å². The van der Waals surface area contributed by atoms with Gasteiger partial charge in [-0.05, 0) is 6.92 Å². The van der Waals surface area contributed by atoms with Gasteiger partial charge in [0, 0.05) is 0 Å². The quantitative estimate of drug-likeness (QED) is 0.0930. The molecule has 0 aromatic carbocycles. The Morgan fingerprint density at radius 2 is 0.794 bits per heavy atom. The number of carbonyl (C=O) groups excluding carboxylic acids is 1. The van der Waals surface area contributed by atoms with Crippen molar-refractivity contribution in [3.8, 4) is 0 Å². The molecule has 0 rings (SSSR count). The van der Waals surface area contributed by atoms with Gasteiger partial charge in [-0.2, -0.15) is 0 Å². The van der Waals surface area contributed by atoms with Crippen molar-refractivity contribution in [3.63, 3.8) is 0 Å². The lowest BCUT2D eigenvalue weighted by Crippen LogP contribution is -2.47. The van der Waals surface area contributed by atoms with Gasteiger partial charge in [0.1, 0.15) is 24.3 Å². The van der Waals surface area contributed by atoms with Gasteiger partial charge in [-0.3, -0.25) is 9.59 Å². The van der Waals surface area contributed by atoms with Crippen LogP contribution in [0, 0.1) is 5.92 Å². The average molecular weight is 504 g/mol. The van der Waals surface area contributed by atoms with Gasteiger partial charge in [0.05, 0.1) is 21.1 Å². The van der Waals surface area contributed by atoms with Crippen LogP contribution in [0.2, 0.25) is 0 Å². The van der Waals surface area contributed by atoms with E-state index in [1.54, 1.807) is 0 Å². The molecular weight excluding hydrogens is 474 g/mol. The van der Waals surface area contributed by atoms with Crippen LogP contribution in [0.3, 0.4) is 0 Å². The Labute approximate surface area is 191 Å². The maximum atomic E-state index is 11.0. The summed E-state index contributed by atoms with van der Waals surface area (Å²) in [6, 6.07) is 0. The number of rotatable bonds is 11. The number of ketones is 1. The van der Waals surface area contributed by atoms with E-state index in [-0.39, 0.29) is 6.54 Å². The van der Waals surface area contributed by atoms with Gasteiger partial charge in [-0.1, -0.05) is 0 Å². The maximum absolute atomic E-state index is 11.0. The first-order valence-electron chi connectivity index (χ1n) is 8.93. The number of hydrogen-bond donors (Lipinski definition) is 10. The number of aliphatic carboxylic acids is 5. The molecule has 0 bridgehead atoms. The lowest BCUT2D eigenvalue weighted by molar-refractivity contribution is -0.873. The molecule has 0 fully saturated rings. The number of carbonyl (C=O) groups is 6. The number of Topliss-reactive ketones (excluding diaryl/α,β-unsaturated/α-hetero) is 1. The maximum Gasteiger partial charge on any atom is 0.335 e. The highest BCUT2D eigenvalue weighted by Gasteiger charge is 2.34. The zero-order chi connectivity index (χ0) is 28.1. The number of hydrogen-bond acceptors (Lipinski definition) is 11. The molecule has 6 atom stereocenters. The summed E-state index contributed by atoms with van der Waals surface area (Å²) in [7, 11) is 5.47. The first-order chi connectivity index (χ1) is 15.1. The molecule has 0 heterocycles. The third-order valence-corrected chi connectivity index (χ3v) is 3.43. The number of aliphatic hydroxyl groups excluding tert-OH is 5. The fourth-order valence-electron chi connectivity index (χ4n) is 1.82. The number of carboxylic acids is 5. The molecule has 0 aliphatic rings. The summed E-state index contributed by atoms with van der Waals surface area (Å²) in [6.45, 7) is 1.41. The van der Waals surface area contributed by atoms with Crippen molar-refractivity contribution in [2.24, 2.45) is 5.92 Å². The lowest BCUT2D eigenvalue weighted by Gasteiger charge is -2.28. The van der Waals surface area contributed by atoms with Crippen LogP contribution < -0.4 is 0 Å². The average Bonchev–Trinajstić information content (AvgIpc) is 2.63. The monoisotopic (exact) mass is 504 g/mol. The van der Waals surface area contributed by atoms with Crippen molar-refractivity contribution < 1.29 is 84.3 Å². The topological polar surface area (TPSA) is 305 Å². The van der Waals surface area contributed by atoms with E-state index >= 15 is 0 Å². The Balaban J connectivity index is -0.000000434. The smallest absolute Gasteiger partial charge is 0.335 e. The van der Waals surface area contributed by atoms with Crippen LogP contribution in [0.1, 0.15) is 6.92 Å². The standard InChI is InChI=1S/C9H17NO4.2C4H6O6/c1-6(11)8(9(13)14)7(12)5-10(2,3)4;2*5-1(3(7)8)2(6)4(9)10/h7-8,12H,5H2,1-4H3;2*1-2,5-6H,(H,7,8)(H,9,10)/p+1. The largest absolute Gasteiger partial charge is 0.481 e. The van der Waals surface area contributed by atoms with E-state index in [0.29, 0.717) is 4.48 Å². The molecule has 17 heteroatoms. The van der Waals surface area contributed by atoms with Crippen molar-refractivity contribution in [1.29, 1.82) is 0 Å². The van der Waals surface area contributed by atoms with Crippen LogP contribution in [-0.4, -0.2) is 149 Å². The molecule has 10 N–H and O–H groups in total. The molecule has 0 saturated carbocycles. The van der Waals surface area contributed by atoms with E-state index in [4.69, 9.17) is 46.0 Å². The molecule has 34 heavy (non-hydrogen) atoms. The van der Waals surface area contributed by atoms with Gasteiger partial charge in [0.25, 0.3) is 0 Å². The predicted octanol–water partition coefficient (Wildman–Crippen LogP) is -4.90. The van der Waals surface area contributed by atoms with Crippen molar-refractivity contribution in [2.75, 3.05) is 27.7 Å². The molecule has 0 amide bonds. The van der Waals surface area contributed by atoms with E-state index in [2.05, 4.69) is 0 Å². The van der Waals surface area contributed by atoms with E-state index in [1.807, 2.05) is 21.1 Å². The number of carboxylic acid groups (broad SMARTS) is 5. The molecule has 0 aromatic rings. The summed E-state index contributed by atoms with van der Waals surface area (Å²) in [4.78, 5) is 60.7. The lowest BCUT2D eigenvalue weighted by atomic mass is 9.98. The van der Waals surface area contributed by atoms with E-state index < -0.39 is 72.1 Å². The van der Waals surface area contributed by atoms with Crippen molar-refractivity contribution >= 4 is 35.6 Å². The van der Waals surface area contributed by atoms with E-state index in [0.717, 1.165) is 0 Å². The first-order valence-corrected chi connectivity index (χ1v) is 8.93. The summed E-state index contributed by atoms with van der Waals surface area (Å²) in [5.41, 5.74) is 0. The van der Waals surface area contributed by atoms with Crippen molar-refractivity contribution in [2.45, 2.75) is 37.4 Å². The van der Waals surface area contributed by atoms with Crippen LogP contribution >= 0.6 is 0 Å². The van der Waals surface area contributed by atoms with Gasteiger partial charge in [-0.25, -0.2) is 19.2 Å². The van der Waals surface area contributed by atoms with Gasteiger partial charge in [0.15, 0.2) is 24.4 Å². The molecule has 0 radical (unpaired) electrons.